The number of rotatable bonds is 6. The van der Waals surface area contributed by atoms with Gasteiger partial charge in [-0.2, -0.15) is 13.2 Å². The van der Waals surface area contributed by atoms with Crippen LogP contribution in [0.15, 0.2) is 18.2 Å². The molecule has 0 N–H and O–H groups in total. The standard InChI is InChI=1S/C13H14ClF3N2OS/c1-20-10-4-2-3-9-12(10)18-11(5-6-14)19(9)7-8-21-13(15,16)17/h2-4H,5-8H2,1H3. The summed E-state index contributed by atoms with van der Waals surface area (Å²) in [5.41, 5.74) is -2.81. The number of halogens is 4. The van der Waals surface area contributed by atoms with E-state index in [0.717, 1.165) is 5.52 Å². The fourth-order valence-corrected chi connectivity index (χ4v) is 2.79. The molecule has 0 aliphatic rings. The van der Waals surface area contributed by atoms with Crippen molar-refractivity contribution < 1.29 is 17.9 Å². The lowest BCUT2D eigenvalue weighted by Gasteiger charge is -2.10. The highest BCUT2D eigenvalue weighted by Crippen LogP contribution is 2.31. The number of benzene rings is 1. The van der Waals surface area contributed by atoms with Gasteiger partial charge in [-0.3, -0.25) is 0 Å². The fourth-order valence-electron chi connectivity index (χ4n) is 2.11. The van der Waals surface area contributed by atoms with Crippen LogP contribution < -0.4 is 4.74 Å². The summed E-state index contributed by atoms with van der Waals surface area (Å²) in [6, 6.07) is 5.39. The first-order valence-electron chi connectivity index (χ1n) is 6.25. The number of thioether (sulfide) groups is 1. The number of methoxy groups -OCH3 is 1. The van der Waals surface area contributed by atoms with Crippen molar-refractivity contribution >= 4 is 34.4 Å². The number of alkyl halides is 4. The summed E-state index contributed by atoms with van der Waals surface area (Å²) in [5, 5.41) is 0. The zero-order chi connectivity index (χ0) is 15.5. The smallest absolute Gasteiger partial charge is 0.441 e. The number of hydrogen-bond acceptors (Lipinski definition) is 3. The summed E-state index contributed by atoms with van der Waals surface area (Å²) in [6.45, 7) is 0.222. The zero-order valence-corrected chi connectivity index (χ0v) is 12.9. The van der Waals surface area contributed by atoms with Gasteiger partial charge in [0.05, 0.1) is 12.6 Å². The van der Waals surface area contributed by atoms with E-state index >= 15 is 0 Å². The Balaban J connectivity index is 2.33. The van der Waals surface area contributed by atoms with E-state index in [1.807, 2.05) is 6.07 Å². The van der Waals surface area contributed by atoms with E-state index in [1.165, 1.54) is 7.11 Å². The number of fused-ring (bicyclic) bond motifs is 1. The molecule has 0 atom stereocenters. The quantitative estimate of drug-likeness (QED) is 0.743. The van der Waals surface area contributed by atoms with Gasteiger partial charge in [0.25, 0.3) is 0 Å². The molecule has 1 aromatic carbocycles. The highest BCUT2D eigenvalue weighted by atomic mass is 35.5. The molecular formula is C13H14ClF3N2OS. The van der Waals surface area contributed by atoms with Crippen molar-refractivity contribution in [3.8, 4) is 5.75 Å². The van der Waals surface area contributed by atoms with Gasteiger partial charge in [0.1, 0.15) is 17.1 Å². The lowest BCUT2D eigenvalue weighted by molar-refractivity contribution is -0.0328. The van der Waals surface area contributed by atoms with Crippen LogP contribution in [-0.4, -0.2) is 33.8 Å². The van der Waals surface area contributed by atoms with Crippen molar-refractivity contribution in [2.75, 3.05) is 18.7 Å². The minimum Gasteiger partial charge on any atom is -0.494 e. The Kier molecular flexibility index (Phi) is 5.27. The Morgan fingerprint density at radius 2 is 2.14 bits per heavy atom. The average molecular weight is 339 g/mol. The minimum atomic E-state index is -4.22. The second-order valence-corrected chi connectivity index (χ2v) is 5.78. The highest BCUT2D eigenvalue weighted by molar-refractivity contribution is 8.00. The summed E-state index contributed by atoms with van der Waals surface area (Å²) in [7, 11) is 1.54. The molecule has 3 nitrogen and oxygen atoms in total. The Morgan fingerprint density at radius 3 is 2.76 bits per heavy atom. The summed E-state index contributed by atoms with van der Waals surface area (Å²) >= 11 is 5.71. The van der Waals surface area contributed by atoms with Crippen LogP contribution >= 0.6 is 23.4 Å². The molecule has 2 rings (SSSR count). The third-order valence-electron chi connectivity index (χ3n) is 2.94. The first-order chi connectivity index (χ1) is 9.96. The number of ether oxygens (including phenoxy) is 1. The Bertz CT molecular complexity index is 615. The molecule has 0 spiro atoms. The SMILES string of the molecule is COc1cccc2c1nc(CCCl)n2CCSC(F)(F)F. The van der Waals surface area contributed by atoms with E-state index in [0.29, 0.717) is 29.4 Å². The number of hydrogen-bond donors (Lipinski definition) is 0. The molecule has 0 saturated heterocycles. The maximum Gasteiger partial charge on any atom is 0.441 e. The van der Waals surface area contributed by atoms with E-state index in [1.54, 1.807) is 16.7 Å². The molecule has 1 heterocycles. The first-order valence-corrected chi connectivity index (χ1v) is 7.77. The third-order valence-corrected chi connectivity index (χ3v) is 3.84. The molecule has 116 valence electrons. The molecule has 0 unspecified atom stereocenters. The molecule has 0 aliphatic heterocycles. The number of aryl methyl sites for hydroxylation is 2. The van der Waals surface area contributed by atoms with Crippen molar-refractivity contribution in [2.24, 2.45) is 0 Å². The van der Waals surface area contributed by atoms with E-state index in [-0.39, 0.29) is 24.1 Å². The zero-order valence-electron chi connectivity index (χ0n) is 11.3. The topological polar surface area (TPSA) is 27.1 Å². The third kappa shape index (κ3) is 3.97. The molecule has 1 aromatic heterocycles. The molecule has 0 radical (unpaired) electrons. The molecule has 8 heteroatoms. The van der Waals surface area contributed by atoms with E-state index in [9.17, 15) is 13.2 Å². The lowest BCUT2D eigenvalue weighted by Crippen LogP contribution is -2.10. The predicted octanol–water partition coefficient (Wildman–Crippen LogP) is 4.08. The Hall–Kier alpha value is -1.08. The van der Waals surface area contributed by atoms with Crippen LogP contribution in [0.25, 0.3) is 11.0 Å². The van der Waals surface area contributed by atoms with Gasteiger partial charge in [0, 0.05) is 24.6 Å². The first kappa shape index (κ1) is 16.3. The van der Waals surface area contributed by atoms with Gasteiger partial charge in [0.2, 0.25) is 0 Å². The number of nitrogens with zero attached hydrogens (tertiary/aromatic N) is 2. The van der Waals surface area contributed by atoms with Crippen LogP contribution in [0.1, 0.15) is 5.82 Å². The molecule has 21 heavy (non-hydrogen) atoms. The second-order valence-electron chi connectivity index (χ2n) is 4.24. The van der Waals surface area contributed by atoms with Crippen LogP contribution in [0.4, 0.5) is 13.2 Å². The summed E-state index contributed by atoms with van der Waals surface area (Å²) in [5.74, 6) is 1.57. The summed E-state index contributed by atoms with van der Waals surface area (Å²) < 4.78 is 43.8. The lowest BCUT2D eigenvalue weighted by atomic mass is 10.3. The second kappa shape index (κ2) is 6.79. The largest absolute Gasteiger partial charge is 0.494 e. The maximum atomic E-state index is 12.3. The molecule has 0 saturated carbocycles. The van der Waals surface area contributed by atoms with Crippen LogP contribution in [0, 0.1) is 0 Å². The molecule has 0 bridgehead atoms. The van der Waals surface area contributed by atoms with Gasteiger partial charge in [0.15, 0.2) is 0 Å². The predicted molar refractivity (Wildman–Crippen MR) is 79.2 cm³/mol. The molecule has 0 aliphatic carbocycles. The Morgan fingerprint density at radius 1 is 1.38 bits per heavy atom. The van der Waals surface area contributed by atoms with E-state index in [4.69, 9.17) is 16.3 Å². The number of aromatic nitrogens is 2. The molecular weight excluding hydrogens is 325 g/mol. The van der Waals surface area contributed by atoms with E-state index in [2.05, 4.69) is 4.98 Å². The van der Waals surface area contributed by atoms with E-state index < -0.39 is 5.51 Å². The van der Waals surface area contributed by atoms with Gasteiger partial charge in [-0.05, 0) is 23.9 Å². The van der Waals surface area contributed by atoms with Crippen molar-refractivity contribution in [3.63, 3.8) is 0 Å². The maximum absolute atomic E-state index is 12.3. The molecule has 0 amide bonds. The van der Waals surface area contributed by atoms with Crippen molar-refractivity contribution in [3.05, 3.63) is 24.0 Å². The van der Waals surface area contributed by atoms with Gasteiger partial charge in [-0.1, -0.05) is 6.07 Å². The molecule has 0 fully saturated rings. The minimum absolute atomic E-state index is 0.0357. The summed E-state index contributed by atoms with van der Waals surface area (Å²) in [4.78, 5) is 4.45. The summed E-state index contributed by atoms with van der Waals surface area (Å²) in [6.07, 6.45) is 0.496. The van der Waals surface area contributed by atoms with Crippen molar-refractivity contribution in [1.29, 1.82) is 0 Å². The Labute approximate surface area is 129 Å². The molecule has 2 aromatic rings. The van der Waals surface area contributed by atoms with Crippen LogP contribution in [0.2, 0.25) is 0 Å². The van der Waals surface area contributed by atoms with Gasteiger partial charge >= 0.3 is 5.51 Å². The number of para-hydroxylation sites is 1. The average Bonchev–Trinajstić information content (AvgIpc) is 2.76. The fraction of sp³-hybridized carbons (Fsp3) is 0.462. The van der Waals surface area contributed by atoms with Crippen LogP contribution in [0.5, 0.6) is 5.75 Å². The highest BCUT2D eigenvalue weighted by Gasteiger charge is 2.27. The normalized spacial score (nSPS) is 12.0. The monoisotopic (exact) mass is 338 g/mol. The van der Waals surface area contributed by atoms with Gasteiger partial charge < -0.3 is 9.30 Å². The van der Waals surface area contributed by atoms with Crippen molar-refractivity contribution in [2.45, 2.75) is 18.5 Å². The van der Waals surface area contributed by atoms with Gasteiger partial charge in [-0.25, -0.2) is 4.98 Å². The van der Waals surface area contributed by atoms with Crippen LogP contribution in [0.3, 0.4) is 0 Å². The van der Waals surface area contributed by atoms with Crippen molar-refractivity contribution in [1.82, 2.24) is 9.55 Å². The number of imidazole rings is 1. The van der Waals surface area contributed by atoms with Crippen LogP contribution in [-0.2, 0) is 13.0 Å². The van der Waals surface area contributed by atoms with Gasteiger partial charge in [-0.15, -0.1) is 11.6 Å².